The number of nitrogens with zero attached hydrogens (tertiary/aromatic N) is 1. The van der Waals surface area contributed by atoms with Crippen LogP contribution in [0, 0.1) is 0 Å². The molecule has 2 aliphatic rings. The Bertz CT molecular complexity index is 678. The van der Waals surface area contributed by atoms with Crippen molar-refractivity contribution in [3.8, 4) is 0 Å². The van der Waals surface area contributed by atoms with Gasteiger partial charge >= 0.3 is 0 Å². The number of carbonyl (C=O) groups excluding carboxylic acids is 1. The molecular formula is C17H24N2O3S. The molecule has 1 aromatic rings. The molecule has 0 saturated carbocycles. The zero-order valence-electron chi connectivity index (χ0n) is 13.5. The van der Waals surface area contributed by atoms with Gasteiger partial charge in [-0.25, -0.2) is 8.42 Å². The molecular weight excluding hydrogens is 312 g/mol. The molecule has 2 aliphatic heterocycles. The first-order valence-electron chi connectivity index (χ1n) is 8.20. The van der Waals surface area contributed by atoms with Crippen LogP contribution in [0.4, 0.5) is 0 Å². The van der Waals surface area contributed by atoms with Crippen LogP contribution in [-0.4, -0.2) is 49.4 Å². The summed E-state index contributed by atoms with van der Waals surface area (Å²) in [7, 11) is -3.02. The predicted molar refractivity (Wildman–Crippen MR) is 90.1 cm³/mol. The smallest absolute Gasteiger partial charge is 0.251 e. The Morgan fingerprint density at radius 2 is 1.87 bits per heavy atom. The van der Waals surface area contributed by atoms with Crippen LogP contribution >= 0.6 is 0 Å². The van der Waals surface area contributed by atoms with Gasteiger partial charge in [0.1, 0.15) is 0 Å². The number of likely N-dealkylation sites (tertiary alicyclic amines) is 1. The molecule has 2 heterocycles. The van der Waals surface area contributed by atoms with Crippen LogP contribution in [0.5, 0.6) is 0 Å². The summed E-state index contributed by atoms with van der Waals surface area (Å²) in [6, 6.07) is 7.63. The lowest BCUT2D eigenvalue weighted by atomic mass is 10.0. The molecule has 1 aromatic carbocycles. The molecule has 1 atom stereocenters. The Morgan fingerprint density at radius 1 is 1.22 bits per heavy atom. The zero-order valence-corrected chi connectivity index (χ0v) is 14.4. The topological polar surface area (TPSA) is 66.5 Å². The Morgan fingerprint density at radius 3 is 2.43 bits per heavy atom. The van der Waals surface area contributed by atoms with Gasteiger partial charge in [0.15, 0.2) is 9.84 Å². The summed E-state index contributed by atoms with van der Waals surface area (Å²) in [5, 5.41) is 2.89. The van der Waals surface area contributed by atoms with Gasteiger partial charge in [-0.05, 0) is 57.0 Å². The van der Waals surface area contributed by atoms with Gasteiger partial charge in [0.05, 0.1) is 17.0 Å². The largest absolute Gasteiger partial charge is 0.346 e. The van der Waals surface area contributed by atoms with Crippen LogP contribution < -0.4 is 5.32 Å². The molecule has 2 fully saturated rings. The number of hydrogen-bond acceptors (Lipinski definition) is 4. The molecule has 0 bridgehead atoms. The van der Waals surface area contributed by atoms with Gasteiger partial charge in [0.2, 0.25) is 0 Å². The quantitative estimate of drug-likeness (QED) is 0.907. The summed E-state index contributed by atoms with van der Waals surface area (Å²) < 4.78 is 23.2. The number of hydrogen-bond donors (Lipinski definition) is 1. The average Bonchev–Trinajstić information content (AvgIpc) is 3.07. The molecule has 0 radical (unpaired) electrons. The van der Waals surface area contributed by atoms with Gasteiger partial charge in [0, 0.05) is 12.1 Å². The predicted octanol–water partition coefficient (Wildman–Crippen LogP) is 1.59. The van der Waals surface area contributed by atoms with Gasteiger partial charge in [-0.3, -0.25) is 9.69 Å². The summed E-state index contributed by atoms with van der Waals surface area (Å²) in [6.45, 7) is 5.03. The second-order valence-corrected chi connectivity index (χ2v) is 9.22. The highest BCUT2D eigenvalue weighted by molar-refractivity contribution is 7.91. The zero-order chi connectivity index (χ0) is 16.5. The van der Waals surface area contributed by atoms with Crippen molar-refractivity contribution in [2.75, 3.05) is 24.6 Å². The van der Waals surface area contributed by atoms with Crippen molar-refractivity contribution in [2.45, 2.75) is 38.3 Å². The molecule has 1 unspecified atom stereocenters. The number of amides is 1. The molecule has 23 heavy (non-hydrogen) atoms. The normalized spacial score (nSPS) is 27.2. The van der Waals surface area contributed by atoms with Gasteiger partial charge < -0.3 is 5.32 Å². The third kappa shape index (κ3) is 4.12. The van der Waals surface area contributed by atoms with Crippen molar-refractivity contribution in [2.24, 2.45) is 0 Å². The lowest BCUT2D eigenvalue weighted by molar-refractivity contribution is 0.0915. The monoisotopic (exact) mass is 336 g/mol. The van der Waals surface area contributed by atoms with E-state index in [0.29, 0.717) is 12.0 Å². The standard InChI is InChI=1S/C17H24N2O3S/c1-17(8-11-23(21,22)13-17)18-16(20)15-6-4-14(5-7-15)12-19-9-2-3-10-19/h4-7H,2-3,8-13H2,1H3,(H,18,20). The summed E-state index contributed by atoms with van der Waals surface area (Å²) >= 11 is 0. The maximum atomic E-state index is 12.4. The number of nitrogens with one attached hydrogen (secondary N) is 1. The summed E-state index contributed by atoms with van der Waals surface area (Å²) in [6.07, 6.45) is 3.01. The second-order valence-electron chi connectivity index (χ2n) is 7.04. The average molecular weight is 336 g/mol. The van der Waals surface area contributed by atoms with Gasteiger partial charge in [-0.15, -0.1) is 0 Å². The van der Waals surface area contributed by atoms with Crippen molar-refractivity contribution < 1.29 is 13.2 Å². The number of carbonyl (C=O) groups is 1. The third-order valence-corrected chi connectivity index (χ3v) is 6.64. The highest BCUT2D eigenvalue weighted by Gasteiger charge is 2.39. The molecule has 6 heteroatoms. The molecule has 0 aromatic heterocycles. The van der Waals surface area contributed by atoms with E-state index in [-0.39, 0.29) is 17.4 Å². The SMILES string of the molecule is CC1(NC(=O)c2ccc(CN3CCCC3)cc2)CCS(=O)(=O)C1. The summed E-state index contributed by atoms with van der Waals surface area (Å²) in [5.74, 6) is -0.0190. The molecule has 0 spiro atoms. The number of benzene rings is 1. The Balaban J connectivity index is 1.61. The minimum Gasteiger partial charge on any atom is -0.346 e. The Hall–Kier alpha value is -1.40. The minimum absolute atomic E-state index is 0.0266. The van der Waals surface area contributed by atoms with E-state index in [1.165, 1.54) is 18.4 Å². The van der Waals surface area contributed by atoms with Crippen LogP contribution in [0.15, 0.2) is 24.3 Å². The van der Waals surface area contributed by atoms with Gasteiger partial charge in [0.25, 0.3) is 5.91 Å². The van der Waals surface area contributed by atoms with Crippen LogP contribution in [0.25, 0.3) is 0 Å². The summed E-state index contributed by atoms with van der Waals surface area (Å²) in [4.78, 5) is 14.8. The third-order valence-electron chi connectivity index (χ3n) is 4.74. The lowest BCUT2D eigenvalue weighted by Gasteiger charge is -2.24. The van der Waals surface area contributed by atoms with Gasteiger partial charge in [-0.1, -0.05) is 12.1 Å². The van der Waals surface area contributed by atoms with Crippen molar-refractivity contribution in [1.29, 1.82) is 0 Å². The van der Waals surface area contributed by atoms with Crippen LogP contribution in [0.1, 0.15) is 42.1 Å². The molecule has 1 amide bonds. The minimum atomic E-state index is -3.02. The molecule has 3 rings (SSSR count). The van der Waals surface area contributed by atoms with Gasteiger partial charge in [-0.2, -0.15) is 0 Å². The van der Waals surface area contributed by atoms with Crippen LogP contribution in [0.3, 0.4) is 0 Å². The first kappa shape index (κ1) is 16.5. The van der Waals surface area contributed by atoms with E-state index in [1.54, 1.807) is 6.92 Å². The fourth-order valence-electron chi connectivity index (χ4n) is 3.42. The van der Waals surface area contributed by atoms with Crippen molar-refractivity contribution in [1.82, 2.24) is 10.2 Å². The summed E-state index contributed by atoms with van der Waals surface area (Å²) in [5.41, 5.74) is 1.14. The van der Waals surface area contributed by atoms with E-state index in [4.69, 9.17) is 0 Å². The van der Waals surface area contributed by atoms with Crippen molar-refractivity contribution >= 4 is 15.7 Å². The van der Waals surface area contributed by atoms with E-state index >= 15 is 0 Å². The molecule has 126 valence electrons. The fourth-order valence-corrected chi connectivity index (χ4v) is 5.51. The van der Waals surface area contributed by atoms with Crippen molar-refractivity contribution in [3.05, 3.63) is 35.4 Å². The molecule has 1 N–H and O–H groups in total. The number of sulfone groups is 1. The molecule has 2 saturated heterocycles. The van der Waals surface area contributed by atoms with E-state index in [1.807, 2.05) is 24.3 Å². The highest BCUT2D eigenvalue weighted by atomic mass is 32.2. The Kier molecular flexibility index (Phi) is 4.47. The van der Waals surface area contributed by atoms with E-state index in [9.17, 15) is 13.2 Å². The van der Waals surface area contributed by atoms with Crippen LogP contribution in [0.2, 0.25) is 0 Å². The van der Waals surface area contributed by atoms with Crippen molar-refractivity contribution in [3.63, 3.8) is 0 Å². The van der Waals surface area contributed by atoms with Crippen LogP contribution in [-0.2, 0) is 16.4 Å². The number of rotatable bonds is 4. The maximum absolute atomic E-state index is 12.4. The molecule has 0 aliphatic carbocycles. The highest BCUT2D eigenvalue weighted by Crippen LogP contribution is 2.23. The fraction of sp³-hybridized carbons (Fsp3) is 0.588. The van der Waals surface area contributed by atoms with E-state index < -0.39 is 15.4 Å². The molecule has 5 nitrogen and oxygen atoms in total. The first-order chi connectivity index (χ1) is 10.9. The van der Waals surface area contributed by atoms with E-state index in [2.05, 4.69) is 10.2 Å². The lowest BCUT2D eigenvalue weighted by Crippen LogP contribution is -2.46. The van der Waals surface area contributed by atoms with E-state index in [0.717, 1.165) is 19.6 Å². The maximum Gasteiger partial charge on any atom is 0.251 e. The first-order valence-corrected chi connectivity index (χ1v) is 10.0. The Labute approximate surface area is 138 Å². The second kappa shape index (κ2) is 6.24.